The van der Waals surface area contributed by atoms with Gasteiger partial charge < -0.3 is 15.4 Å². The van der Waals surface area contributed by atoms with E-state index >= 15 is 0 Å². The monoisotopic (exact) mass is 467 g/mol. The first kappa shape index (κ1) is 23.9. The smallest absolute Gasteiger partial charge is 0.237 e. The largest absolute Gasteiger partial charge is 0.470 e. The average molecular weight is 468 g/mol. The van der Waals surface area contributed by atoms with Crippen molar-refractivity contribution in [1.82, 2.24) is 25.1 Å². The van der Waals surface area contributed by atoms with Crippen molar-refractivity contribution in [3.8, 4) is 23.1 Å². The average Bonchev–Trinajstić information content (AvgIpc) is 3.36. The lowest BCUT2D eigenvalue weighted by atomic mass is 10.0. The highest BCUT2D eigenvalue weighted by molar-refractivity contribution is 5.69. The Kier molecular flexibility index (Phi) is 8.04. The molecule has 8 nitrogen and oxygen atoms in total. The third-order valence-electron chi connectivity index (χ3n) is 5.65. The van der Waals surface area contributed by atoms with Gasteiger partial charge in [0.05, 0.1) is 18.4 Å². The Balaban J connectivity index is 0.000000421. The Morgan fingerprint density at radius 1 is 1.11 bits per heavy atom. The summed E-state index contributed by atoms with van der Waals surface area (Å²) in [5.74, 6) is 0.916. The SMILES string of the molecule is CC(CNCC1CNc2cc(-c3cnn(C)c3)cnc2O1)c1ccc(C#N)nc1.c1ccccc1. The Morgan fingerprint density at radius 2 is 1.89 bits per heavy atom. The topological polar surface area (TPSA) is 101 Å². The summed E-state index contributed by atoms with van der Waals surface area (Å²) >= 11 is 0. The van der Waals surface area contributed by atoms with Gasteiger partial charge in [-0.1, -0.05) is 49.4 Å². The van der Waals surface area contributed by atoms with Crippen molar-refractivity contribution in [2.45, 2.75) is 18.9 Å². The maximum atomic E-state index is 8.84. The minimum Gasteiger partial charge on any atom is -0.470 e. The highest BCUT2D eigenvalue weighted by Gasteiger charge is 2.21. The van der Waals surface area contributed by atoms with E-state index in [4.69, 9.17) is 10.00 Å². The molecule has 2 N–H and O–H groups in total. The molecule has 1 aliphatic heterocycles. The van der Waals surface area contributed by atoms with Gasteiger partial charge in [-0.25, -0.2) is 9.97 Å². The van der Waals surface area contributed by atoms with Crippen molar-refractivity contribution in [3.05, 3.63) is 90.6 Å². The fourth-order valence-corrected chi connectivity index (χ4v) is 3.66. The number of hydrogen-bond acceptors (Lipinski definition) is 7. The summed E-state index contributed by atoms with van der Waals surface area (Å²) in [6, 6.07) is 19.8. The first-order chi connectivity index (χ1) is 17.1. The van der Waals surface area contributed by atoms with E-state index in [1.165, 1.54) is 0 Å². The van der Waals surface area contributed by atoms with E-state index in [2.05, 4.69) is 32.6 Å². The zero-order chi connectivity index (χ0) is 24.5. The van der Waals surface area contributed by atoms with Gasteiger partial charge in [0, 0.05) is 49.9 Å². The van der Waals surface area contributed by atoms with Gasteiger partial charge in [0.2, 0.25) is 5.88 Å². The summed E-state index contributed by atoms with van der Waals surface area (Å²) in [6.45, 7) is 4.36. The van der Waals surface area contributed by atoms with Crippen LogP contribution >= 0.6 is 0 Å². The number of nitrogens with zero attached hydrogens (tertiary/aromatic N) is 5. The Bertz CT molecular complexity index is 1220. The van der Waals surface area contributed by atoms with Crippen LogP contribution in [-0.2, 0) is 7.05 Å². The quantitative estimate of drug-likeness (QED) is 0.442. The summed E-state index contributed by atoms with van der Waals surface area (Å²) in [5, 5.41) is 19.9. The number of rotatable bonds is 6. The molecule has 1 aliphatic rings. The standard InChI is InChI=1S/C21H23N7O.C6H6/c1-14(15-3-4-18(6-22)24-8-15)7-23-11-19-12-25-20-5-16(9-26-21(20)29-19)17-10-27-28(2)13-17;1-2-4-6-5-3-1/h3-5,8-10,13-14,19,23,25H,7,11-12H2,1-2H3;1-6H. The van der Waals surface area contributed by atoms with E-state index in [1.54, 1.807) is 16.9 Å². The van der Waals surface area contributed by atoms with E-state index in [1.807, 2.05) is 80.2 Å². The third kappa shape index (κ3) is 6.65. The molecule has 35 heavy (non-hydrogen) atoms. The summed E-state index contributed by atoms with van der Waals surface area (Å²) in [4.78, 5) is 8.61. The van der Waals surface area contributed by atoms with Crippen LogP contribution in [0.3, 0.4) is 0 Å². The van der Waals surface area contributed by atoms with Gasteiger partial charge in [0.1, 0.15) is 17.9 Å². The molecule has 4 aromatic rings. The van der Waals surface area contributed by atoms with Crippen LogP contribution in [0.5, 0.6) is 5.88 Å². The molecule has 0 fully saturated rings. The van der Waals surface area contributed by atoms with Crippen LogP contribution in [0, 0.1) is 11.3 Å². The van der Waals surface area contributed by atoms with E-state index in [9.17, 15) is 0 Å². The molecule has 4 heterocycles. The normalized spacial score (nSPS) is 14.8. The van der Waals surface area contributed by atoms with Crippen LogP contribution < -0.4 is 15.4 Å². The molecule has 2 atom stereocenters. The zero-order valence-electron chi connectivity index (χ0n) is 19.9. The first-order valence-corrected chi connectivity index (χ1v) is 11.6. The lowest BCUT2D eigenvalue weighted by Crippen LogP contribution is -2.40. The lowest BCUT2D eigenvalue weighted by molar-refractivity contribution is 0.193. The fourth-order valence-electron chi connectivity index (χ4n) is 3.66. The van der Waals surface area contributed by atoms with Crippen molar-refractivity contribution in [1.29, 1.82) is 5.26 Å². The number of fused-ring (bicyclic) bond motifs is 1. The molecule has 2 unspecified atom stereocenters. The Labute approximate surface area is 205 Å². The number of aryl methyl sites for hydroxylation is 1. The number of ether oxygens (including phenoxy) is 1. The predicted molar refractivity (Wildman–Crippen MR) is 136 cm³/mol. The Hall–Kier alpha value is -4.22. The second-order valence-electron chi connectivity index (χ2n) is 8.40. The van der Waals surface area contributed by atoms with Crippen LogP contribution in [0.4, 0.5) is 5.69 Å². The van der Waals surface area contributed by atoms with Gasteiger partial charge in [-0.2, -0.15) is 10.4 Å². The summed E-state index contributed by atoms with van der Waals surface area (Å²) in [6.07, 6.45) is 7.37. The van der Waals surface area contributed by atoms with Gasteiger partial charge >= 0.3 is 0 Å². The molecule has 0 radical (unpaired) electrons. The van der Waals surface area contributed by atoms with Crippen molar-refractivity contribution in [2.24, 2.45) is 7.05 Å². The van der Waals surface area contributed by atoms with Crippen LogP contribution in [0.2, 0.25) is 0 Å². The van der Waals surface area contributed by atoms with Crippen LogP contribution in [0.15, 0.2) is 79.4 Å². The van der Waals surface area contributed by atoms with Crippen molar-refractivity contribution in [3.63, 3.8) is 0 Å². The number of pyridine rings is 2. The number of anilines is 1. The molecule has 5 rings (SSSR count). The number of hydrogen-bond donors (Lipinski definition) is 2. The number of nitrogens with one attached hydrogen (secondary N) is 2. The summed E-state index contributed by atoms with van der Waals surface area (Å²) < 4.78 is 7.81. The number of benzene rings is 1. The van der Waals surface area contributed by atoms with E-state index in [0.29, 0.717) is 30.6 Å². The first-order valence-electron chi connectivity index (χ1n) is 11.6. The highest BCUT2D eigenvalue weighted by Crippen LogP contribution is 2.31. The number of aromatic nitrogens is 4. The summed E-state index contributed by atoms with van der Waals surface area (Å²) in [5.41, 5.74) is 4.48. The molecule has 8 heteroatoms. The maximum Gasteiger partial charge on any atom is 0.237 e. The molecular weight excluding hydrogens is 438 g/mol. The molecule has 0 saturated carbocycles. The van der Waals surface area contributed by atoms with Crippen LogP contribution in [0.1, 0.15) is 24.1 Å². The van der Waals surface area contributed by atoms with Crippen molar-refractivity contribution in [2.75, 3.05) is 25.0 Å². The van der Waals surface area contributed by atoms with Gasteiger partial charge in [0.25, 0.3) is 0 Å². The molecule has 0 saturated heterocycles. The summed E-state index contributed by atoms with van der Waals surface area (Å²) in [7, 11) is 1.90. The van der Waals surface area contributed by atoms with Gasteiger partial charge in [-0.3, -0.25) is 4.68 Å². The lowest BCUT2D eigenvalue weighted by Gasteiger charge is -2.27. The minimum absolute atomic E-state index is 0.00512. The van der Waals surface area contributed by atoms with Crippen molar-refractivity contribution >= 4 is 5.69 Å². The zero-order valence-corrected chi connectivity index (χ0v) is 19.9. The Morgan fingerprint density at radius 3 is 2.51 bits per heavy atom. The maximum absolute atomic E-state index is 8.84. The fraction of sp³-hybridized carbons (Fsp3) is 0.259. The molecule has 0 aliphatic carbocycles. The predicted octanol–water partition coefficient (Wildman–Crippen LogP) is 4.00. The molecule has 178 valence electrons. The van der Waals surface area contributed by atoms with E-state index in [0.717, 1.165) is 28.9 Å². The second kappa shape index (κ2) is 11.8. The van der Waals surface area contributed by atoms with Gasteiger partial charge in [-0.05, 0) is 23.6 Å². The van der Waals surface area contributed by atoms with Crippen molar-refractivity contribution < 1.29 is 4.74 Å². The second-order valence-corrected chi connectivity index (χ2v) is 8.40. The molecular formula is C27H29N7O. The van der Waals surface area contributed by atoms with E-state index < -0.39 is 0 Å². The molecule has 0 amide bonds. The molecule has 1 aromatic carbocycles. The molecule has 0 spiro atoms. The van der Waals surface area contributed by atoms with Crippen LogP contribution in [0.25, 0.3) is 11.1 Å². The number of nitriles is 1. The highest BCUT2D eigenvalue weighted by atomic mass is 16.5. The minimum atomic E-state index is 0.00512. The van der Waals surface area contributed by atoms with E-state index in [-0.39, 0.29) is 6.10 Å². The van der Waals surface area contributed by atoms with Gasteiger partial charge in [0.15, 0.2) is 0 Å². The molecule has 0 bridgehead atoms. The molecule has 3 aromatic heterocycles. The van der Waals surface area contributed by atoms with Crippen LogP contribution in [-0.4, -0.2) is 45.5 Å². The third-order valence-corrected chi connectivity index (χ3v) is 5.65. The van der Waals surface area contributed by atoms with Gasteiger partial charge in [-0.15, -0.1) is 0 Å².